The lowest BCUT2D eigenvalue weighted by Gasteiger charge is -2.12. The summed E-state index contributed by atoms with van der Waals surface area (Å²) in [7, 11) is 0. The van der Waals surface area contributed by atoms with Gasteiger partial charge in [0.25, 0.3) is 0 Å². The molecule has 90 valence electrons. The Balaban J connectivity index is 2.31. The second-order valence-corrected chi connectivity index (χ2v) is 3.59. The molecule has 0 saturated heterocycles. The van der Waals surface area contributed by atoms with E-state index in [-0.39, 0.29) is 5.56 Å². The molecule has 3 nitrogen and oxygen atoms in total. The third kappa shape index (κ3) is 2.58. The highest BCUT2D eigenvalue weighted by Gasteiger charge is 2.32. The van der Waals surface area contributed by atoms with E-state index in [1.165, 1.54) is 19.2 Å². The Bertz CT molecular complexity index is 503. The maximum absolute atomic E-state index is 12.7. The quantitative estimate of drug-likeness (QED) is 0.845. The maximum atomic E-state index is 12.7. The number of benzene rings is 1. The van der Waals surface area contributed by atoms with Crippen LogP contribution >= 0.6 is 0 Å². The summed E-state index contributed by atoms with van der Waals surface area (Å²) in [6, 6.07) is 4.07. The molecule has 2 N–H and O–H groups in total. The smallest absolute Gasteiger partial charge is 0.331 e. The molecule has 6 heteroatoms. The predicted molar refractivity (Wildman–Crippen MR) is 58.1 cm³/mol. The van der Waals surface area contributed by atoms with E-state index in [9.17, 15) is 13.2 Å². The van der Waals surface area contributed by atoms with Crippen LogP contribution in [0.15, 0.2) is 30.6 Å². The molecule has 0 aliphatic carbocycles. The molecule has 0 unspecified atom stereocenters. The Morgan fingerprint density at radius 1 is 1.29 bits per heavy atom. The van der Waals surface area contributed by atoms with E-state index < -0.39 is 11.7 Å². The van der Waals surface area contributed by atoms with Gasteiger partial charge in [-0.25, -0.2) is 4.98 Å². The Labute approximate surface area is 95.7 Å². The fraction of sp³-hybridized carbons (Fsp3) is 0.182. The second kappa shape index (κ2) is 4.12. The normalized spacial score (nSPS) is 11.5. The first-order valence-electron chi connectivity index (χ1n) is 4.91. The van der Waals surface area contributed by atoms with E-state index in [2.05, 4.69) is 15.3 Å². The minimum atomic E-state index is -4.34. The van der Waals surface area contributed by atoms with E-state index in [0.29, 0.717) is 11.6 Å². The van der Waals surface area contributed by atoms with Gasteiger partial charge >= 0.3 is 6.18 Å². The predicted octanol–water partition coefficient (Wildman–Crippen LogP) is 3.48. The summed E-state index contributed by atoms with van der Waals surface area (Å²) in [6.07, 6.45) is -1.24. The first-order chi connectivity index (χ1) is 7.97. The van der Waals surface area contributed by atoms with Crippen molar-refractivity contribution in [2.24, 2.45) is 0 Å². The van der Waals surface area contributed by atoms with Crippen molar-refractivity contribution >= 4 is 11.6 Å². The third-order valence-corrected chi connectivity index (χ3v) is 2.30. The highest BCUT2D eigenvalue weighted by atomic mass is 19.4. The van der Waals surface area contributed by atoms with Gasteiger partial charge in [0, 0.05) is 18.1 Å². The van der Waals surface area contributed by atoms with Crippen molar-refractivity contribution in [1.29, 1.82) is 0 Å². The summed E-state index contributed by atoms with van der Waals surface area (Å²) in [5.41, 5.74) is -0.102. The number of aromatic nitrogens is 2. The number of rotatable bonds is 2. The van der Waals surface area contributed by atoms with Gasteiger partial charge in [0.2, 0.25) is 5.95 Å². The molecule has 17 heavy (non-hydrogen) atoms. The molecule has 1 aromatic heterocycles. The van der Waals surface area contributed by atoms with Gasteiger partial charge in [-0.15, -0.1) is 0 Å². The zero-order chi connectivity index (χ0) is 12.5. The fourth-order valence-electron chi connectivity index (χ4n) is 1.48. The summed E-state index contributed by atoms with van der Waals surface area (Å²) in [6.45, 7) is 1.43. The van der Waals surface area contributed by atoms with E-state index >= 15 is 0 Å². The van der Waals surface area contributed by atoms with Crippen LogP contribution < -0.4 is 5.32 Å². The molecule has 1 heterocycles. The van der Waals surface area contributed by atoms with Crippen LogP contribution in [0.3, 0.4) is 0 Å². The lowest BCUT2D eigenvalue weighted by Crippen LogP contribution is -2.08. The first-order valence-corrected chi connectivity index (χ1v) is 4.91. The highest BCUT2D eigenvalue weighted by molar-refractivity contribution is 5.56. The number of nitrogens with zero attached hydrogens (tertiary/aromatic N) is 1. The summed E-state index contributed by atoms with van der Waals surface area (Å²) >= 11 is 0. The van der Waals surface area contributed by atoms with Gasteiger partial charge in [0.05, 0.1) is 5.56 Å². The molecule has 0 saturated carbocycles. The van der Waals surface area contributed by atoms with E-state index in [0.717, 1.165) is 6.07 Å². The third-order valence-electron chi connectivity index (χ3n) is 2.30. The molecule has 0 spiro atoms. The molecule has 0 bridgehead atoms. The lowest BCUT2D eigenvalue weighted by atomic mass is 10.1. The van der Waals surface area contributed by atoms with Crippen LogP contribution in [0, 0.1) is 6.92 Å². The van der Waals surface area contributed by atoms with Crippen molar-refractivity contribution in [3.63, 3.8) is 0 Å². The van der Waals surface area contributed by atoms with Crippen LogP contribution in [-0.2, 0) is 6.18 Å². The number of aryl methyl sites for hydroxylation is 1. The summed E-state index contributed by atoms with van der Waals surface area (Å²) in [4.78, 5) is 6.63. The number of halogens is 3. The zero-order valence-electron chi connectivity index (χ0n) is 8.97. The van der Waals surface area contributed by atoms with Crippen LogP contribution in [0.5, 0.6) is 0 Å². The minimum absolute atomic E-state index is 0.197. The van der Waals surface area contributed by atoms with Crippen LogP contribution in [0.4, 0.5) is 24.8 Å². The van der Waals surface area contributed by atoms with Crippen LogP contribution in [0.2, 0.25) is 0 Å². The van der Waals surface area contributed by atoms with Crippen molar-refractivity contribution in [3.8, 4) is 0 Å². The van der Waals surface area contributed by atoms with Gasteiger partial charge in [0.15, 0.2) is 0 Å². The second-order valence-electron chi connectivity index (χ2n) is 3.59. The van der Waals surface area contributed by atoms with Crippen molar-refractivity contribution in [2.75, 3.05) is 5.32 Å². The lowest BCUT2D eigenvalue weighted by molar-refractivity contribution is -0.138. The first kappa shape index (κ1) is 11.5. The average Bonchev–Trinajstić information content (AvgIpc) is 2.72. The molecular weight excluding hydrogens is 231 g/mol. The highest BCUT2D eigenvalue weighted by Crippen LogP contribution is 2.33. The maximum Gasteiger partial charge on any atom is 0.416 e. The van der Waals surface area contributed by atoms with E-state index in [1.54, 1.807) is 12.3 Å². The molecule has 0 fully saturated rings. The molecule has 0 aliphatic heterocycles. The molecule has 0 amide bonds. The van der Waals surface area contributed by atoms with Crippen molar-refractivity contribution < 1.29 is 13.2 Å². The van der Waals surface area contributed by atoms with Crippen molar-refractivity contribution in [3.05, 3.63) is 41.7 Å². The van der Waals surface area contributed by atoms with E-state index in [1.807, 2.05) is 0 Å². The Hall–Kier alpha value is -1.98. The summed E-state index contributed by atoms with van der Waals surface area (Å²) in [5, 5.41) is 2.76. The number of H-pyrrole nitrogens is 1. The zero-order valence-corrected chi connectivity index (χ0v) is 8.97. The SMILES string of the molecule is Cc1ccc(Nc2ncc[nH]2)cc1C(F)(F)F. The molecule has 2 aromatic rings. The Morgan fingerprint density at radius 2 is 2.06 bits per heavy atom. The number of hydrogen-bond acceptors (Lipinski definition) is 2. The topological polar surface area (TPSA) is 40.7 Å². The number of nitrogens with one attached hydrogen (secondary N) is 2. The average molecular weight is 241 g/mol. The fourth-order valence-corrected chi connectivity index (χ4v) is 1.48. The minimum Gasteiger partial charge on any atom is -0.331 e. The number of imidazole rings is 1. The number of hydrogen-bond donors (Lipinski definition) is 2. The Morgan fingerprint density at radius 3 is 2.65 bits per heavy atom. The van der Waals surface area contributed by atoms with Crippen LogP contribution in [0.25, 0.3) is 0 Å². The summed E-state index contributed by atoms with van der Waals surface area (Å²) in [5.74, 6) is 0.405. The van der Waals surface area contributed by atoms with Gasteiger partial charge in [0.1, 0.15) is 0 Å². The van der Waals surface area contributed by atoms with E-state index in [4.69, 9.17) is 0 Å². The standard InChI is InChI=1S/C11H10F3N3/c1-7-2-3-8(6-9(7)11(12,13)14)17-10-15-4-5-16-10/h2-6H,1H3,(H2,15,16,17). The van der Waals surface area contributed by atoms with Crippen molar-refractivity contribution in [2.45, 2.75) is 13.1 Å². The van der Waals surface area contributed by atoms with Crippen LogP contribution in [-0.4, -0.2) is 9.97 Å². The van der Waals surface area contributed by atoms with Gasteiger partial charge < -0.3 is 10.3 Å². The van der Waals surface area contributed by atoms with Crippen molar-refractivity contribution in [1.82, 2.24) is 9.97 Å². The number of aromatic amines is 1. The molecule has 2 rings (SSSR count). The largest absolute Gasteiger partial charge is 0.416 e. The molecular formula is C11H10F3N3. The molecule has 0 radical (unpaired) electrons. The van der Waals surface area contributed by atoms with Gasteiger partial charge in [-0.3, -0.25) is 0 Å². The Kier molecular flexibility index (Phi) is 2.79. The van der Waals surface area contributed by atoms with Gasteiger partial charge in [-0.1, -0.05) is 6.07 Å². The van der Waals surface area contributed by atoms with Crippen LogP contribution in [0.1, 0.15) is 11.1 Å². The number of alkyl halides is 3. The summed E-state index contributed by atoms with van der Waals surface area (Å²) < 4.78 is 38.0. The van der Waals surface area contributed by atoms with Gasteiger partial charge in [-0.05, 0) is 24.6 Å². The van der Waals surface area contributed by atoms with Gasteiger partial charge in [-0.2, -0.15) is 13.2 Å². The number of anilines is 2. The molecule has 0 aliphatic rings. The monoisotopic (exact) mass is 241 g/mol. The molecule has 1 aromatic carbocycles. The molecule has 0 atom stereocenters.